The predicted octanol–water partition coefficient (Wildman–Crippen LogP) is 3.63. The maximum absolute atomic E-state index is 12.6. The maximum Gasteiger partial charge on any atom is 0.416 e. The maximum atomic E-state index is 12.6. The van der Waals surface area contributed by atoms with Crippen LogP contribution in [0.3, 0.4) is 0 Å². The normalized spacial score (nSPS) is 10.7. The summed E-state index contributed by atoms with van der Waals surface area (Å²) in [5, 5.41) is 2.61. The van der Waals surface area contributed by atoms with Crippen molar-refractivity contribution in [3.8, 4) is 11.8 Å². The molecule has 0 spiro atoms. The first-order valence-electron chi connectivity index (χ1n) is 7.42. The number of rotatable bonds is 4. The lowest BCUT2D eigenvalue weighted by molar-refractivity contribution is -0.137. The summed E-state index contributed by atoms with van der Waals surface area (Å²) in [6, 6.07) is 11.7. The fourth-order valence-corrected chi connectivity index (χ4v) is 2.12. The molecule has 0 heterocycles. The van der Waals surface area contributed by atoms with Gasteiger partial charge in [0.05, 0.1) is 18.7 Å². The second-order valence-corrected chi connectivity index (χ2v) is 5.20. The van der Waals surface area contributed by atoms with Crippen molar-refractivity contribution < 1.29 is 22.7 Å². The zero-order chi connectivity index (χ0) is 18.3. The number of benzene rings is 2. The van der Waals surface area contributed by atoms with Crippen LogP contribution in [0.25, 0.3) is 0 Å². The summed E-state index contributed by atoms with van der Waals surface area (Å²) >= 11 is 0. The molecule has 6 heteroatoms. The number of methoxy groups -OCH3 is 1. The van der Waals surface area contributed by atoms with Crippen LogP contribution in [0.5, 0.6) is 0 Å². The van der Waals surface area contributed by atoms with Crippen molar-refractivity contribution in [2.75, 3.05) is 13.7 Å². The van der Waals surface area contributed by atoms with E-state index in [1.165, 1.54) is 12.1 Å². The van der Waals surface area contributed by atoms with E-state index in [2.05, 4.69) is 17.2 Å². The van der Waals surface area contributed by atoms with Gasteiger partial charge in [0.1, 0.15) is 0 Å². The topological polar surface area (TPSA) is 38.3 Å². The van der Waals surface area contributed by atoms with Crippen LogP contribution in [0.2, 0.25) is 0 Å². The Morgan fingerprint density at radius 2 is 1.92 bits per heavy atom. The summed E-state index contributed by atoms with van der Waals surface area (Å²) in [6.07, 6.45) is -4.40. The molecule has 0 aliphatic carbocycles. The van der Waals surface area contributed by atoms with Gasteiger partial charge in [0.25, 0.3) is 5.91 Å². The Bertz CT molecular complexity index is 804. The van der Waals surface area contributed by atoms with Gasteiger partial charge >= 0.3 is 6.18 Å². The molecule has 2 rings (SSSR count). The summed E-state index contributed by atoms with van der Waals surface area (Å²) < 4.78 is 42.9. The Morgan fingerprint density at radius 1 is 1.16 bits per heavy atom. The second kappa shape index (κ2) is 8.36. The van der Waals surface area contributed by atoms with Crippen LogP contribution < -0.4 is 5.32 Å². The van der Waals surface area contributed by atoms with Crippen LogP contribution in [0.4, 0.5) is 13.2 Å². The van der Waals surface area contributed by atoms with Crippen molar-refractivity contribution in [1.29, 1.82) is 0 Å². The van der Waals surface area contributed by atoms with Gasteiger partial charge in [-0.05, 0) is 35.9 Å². The van der Waals surface area contributed by atoms with Crippen LogP contribution in [0.1, 0.15) is 27.0 Å². The number of halogens is 3. The third-order valence-corrected chi connectivity index (χ3v) is 3.26. The smallest absolute Gasteiger partial charge is 0.380 e. The fraction of sp³-hybridized carbons (Fsp3) is 0.211. The molecule has 0 unspecified atom stereocenters. The highest BCUT2D eigenvalue weighted by Gasteiger charge is 2.30. The molecule has 0 aliphatic rings. The number of ether oxygens (including phenoxy) is 1. The largest absolute Gasteiger partial charge is 0.416 e. The lowest BCUT2D eigenvalue weighted by Crippen LogP contribution is -2.23. The van der Waals surface area contributed by atoms with Crippen molar-refractivity contribution >= 4 is 5.91 Å². The molecule has 0 saturated carbocycles. The van der Waals surface area contributed by atoms with E-state index in [1.807, 2.05) is 6.07 Å². The number of hydrogen-bond donors (Lipinski definition) is 1. The van der Waals surface area contributed by atoms with Crippen molar-refractivity contribution in [3.63, 3.8) is 0 Å². The van der Waals surface area contributed by atoms with E-state index in [9.17, 15) is 18.0 Å². The fourth-order valence-electron chi connectivity index (χ4n) is 2.12. The van der Waals surface area contributed by atoms with Gasteiger partial charge in [-0.2, -0.15) is 13.2 Å². The number of carbonyl (C=O) groups excluding carboxylic acids is 1. The minimum absolute atomic E-state index is 0.0313. The molecule has 130 valence electrons. The van der Waals surface area contributed by atoms with Gasteiger partial charge in [-0.25, -0.2) is 0 Å². The molecule has 0 aromatic heterocycles. The van der Waals surface area contributed by atoms with E-state index in [-0.39, 0.29) is 18.0 Å². The summed E-state index contributed by atoms with van der Waals surface area (Å²) in [4.78, 5) is 12.0. The quantitative estimate of drug-likeness (QED) is 0.858. The summed E-state index contributed by atoms with van der Waals surface area (Å²) in [7, 11) is 1.57. The number of hydrogen-bond acceptors (Lipinski definition) is 2. The van der Waals surface area contributed by atoms with E-state index < -0.39 is 11.7 Å². The highest BCUT2D eigenvalue weighted by molar-refractivity contribution is 5.94. The first-order chi connectivity index (χ1) is 11.9. The van der Waals surface area contributed by atoms with Gasteiger partial charge in [0, 0.05) is 18.2 Å². The Kier molecular flexibility index (Phi) is 6.20. The molecule has 1 N–H and O–H groups in total. The number of nitrogens with one attached hydrogen (secondary N) is 1. The van der Waals surface area contributed by atoms with Crippen molar-refractivity contribution in [2.45, 2.75) is 12.8 Å². The van der Waals surface area contributed by atoms with Crippen LogP contribution in [-0.2, 0) is 17.5 Å². The minimum atomic E-state index is -4.40. The van der Waals surface area contributed by atoms with Crippen LogP contribution >= 0.6 is 0 Å². The summed E-state index contributed by atoms with van der Waals surface area (Å²) in [5.74, 6) is 4.95. The van der Waals surface area contributed by atoms with Crippen LogP contribution in [0, 0.1) is 11.8 Å². The van der Waals surface area contributed by atoms with Crippen LogP contribution in [0.15, 0.2) is 48.5 Å². The molecule has 1 amide bonds. The molecule has 2 aromatic rings. The van der Waals surface area contributed by atoms with Crippen molar-refractivity contribution in [3.05, 3.63) is 70.8 Å². The number of amides is 1. The molecule has 0 radical (unpaired) electrons. The molecule has 0 atom stereocenters. The number of carbonyl (C=O) groups is 1. The first-order valence-corrected chi connectivity index (χ1v) is 7.42. The van der Waals surface area contributed by atoms with Gasteiger partial charge < -0.3 is 10.1 Å². The van der Waals surface area contributed by atoms with Gasteiger partial charge in [0.2, 0.25) is 0 Å². The summed E-state index contributed by atoms with van der Waals surface area (Å²) in [5.41, 5.74) is 0.824. The molecule has 2 aromatic carbocycles. The molecular weight excluding hydrogens is 331 g/mol. The van der Waals surface area contributed by atoms with E-state index in [0.717, 1.165) is 17.7 Å². The molecule has 25 heavy (non-hydrogen) atoms. The zero-order valence-corrected chi connectivity index (χ0v) is 13.5. The lowest BCUT2D eigenvalue weighted by atomic mass is 10.1. The van der Waals surface area contributed by atoms with Gasteiger partial charge in [-0.3, -0.25) is 4.79 Å². The third kappa shape index (κ3) is 5.66. The predicted molar refractivity (Wildman–Crippen MR) is 87.8 cm³/mol. The van der Waals surface area contributed by atoms with Gasteiger partial charge in [0.15, 0.2) is 0 Å². The standard InChI is InChI=1S/C19H16F3NO2/c1-25-13-15-6-2-8-16(11-15)18(24)23-10-4-7-14-5-3-9-17(12-14)19(20,21)22/h2-3,5-6,8-9,11-12H,10,13H2,1H3,(H,23,24). The monoisotopic (exact) mass is 347 g/mol. The van der Waals surface area contributed by atoms with E-state index in [1.54, 1.807) is 25.3 Å². The molecular formula is C19H16F3NO2. The average Bonchev–Trinajstić information content (AvgIpc) is 2.58. The van der Waals surface area contributed by atoms with Crippen molar-refractivity contribution in [1.82, 2.24) is 5.32 Å². The SMILES string of the molecule is COCc1cccc(C(=O)NCC#Cc2cccc(C(F)(F)F)c2)c1. The molecule has 0 fully saturated rings. The second-order valence-electron chi connectivity index (χ2n) is 5.20. The molecule has 0 saturated heterocycles. The molecule has 3 nitrogen and oxygen atoms in total. The van der Waals surface area contributed by atoms with Crippen LogP contribution in [-0.4, -0.2) is 19.6 Å². The Balaban J connectivity index is 1.96. The zero-order valence-electron chi connectivity index (χ0n) is 13.5. The molecule has 0 bridgehead atoms. The van der Waals surface area contributed by atoms with Gasteiger partial charge in [-0.15, -0.1) is 0 Å². The summed E-state index contributed by atoms with van der Waals surface area (Å²) in [6.45, 7) is 0.431. The van der Waals surface area contributed by atoms with E-state index in [4.69, 9.17) is 4.74 Å². The molecule has 0 aliphatic heterocycles. The first kappa shape index (κ1) is 18.6. The van der Waals surface area contributed by atoms with Crippen molar-refractivity contribution in [2.24, 2.45) is 0 Å². The highest BCUT2D eigenvalue weighted by Crippen LogP contribution is 2.29. The van der Waals surface area contributed by atoms with E-state index in [0.29, 0.717) is 12.2 Å². The number of alkyl halides is 3. The van der Waals surface area contributed by atoms with E-state index >= 15 is 0 Å². The Labute approximate surface area is 143 Å². The van der Waals surface area contributed by atoms with Gasteiger partial charge in [-0.1, -0.05) is 30.0 Å². The third-order valence-electron chi connectivity index (χ3n) is 3.26. The lowest BCUT2D eigenvalue weighted by Gasteiger charge is -2.06. The Hall–Kier alpha value is -2.78. The average molecular weight is 347 g/mol. The Morgan fingerprint density at radius 3 is 2.64 bits per heavy atom. The minimum Gasteiger partial charge on any atom is -0.380 e. The highest BCUT2D eigenvalue weighted by atomic mass is 19.4.